The number of carbonyl (C=O) groups excluding carboxylic acids is 1. The smallest absolute Gasteiger partial charge is 0.178 e. The number of halogens is 1. The molecular weight excluding hydrogens is 453 g/mol. The van der Waals surface area contributed by atoms with E-state index >= 15 is 4.39 Å². The van der Waals surface area contributed by atoms with E-state index in [0.29, 0.717) is 55.9 Å². The van der Waals surface area contributed by atoms with Crippen LogP contribution in [0, 0.1) is 11.7 Å². The second-order valence-electron chi connectivity index (χ2n) is 8.53. The number of methoxy groups -OCH3 is 1. The first kappa shape index (κ1) is 23.0. The minimum atomic E-state index is -0.563. The molecule has 0 radical (unpaired) electrons. The van der Waals surface area contributed by atoms with Crippen molar-refractivity contribution in [2.24, 2.45) is 5.92 Å². The SMILES string of the molecule is C=CC(=O)C[C@H]1CCOC[C@H]1Nc1cc2cnc(-c3c(F)c(OC)cc4c3OCCO4)cc2cn1. The summed E-state index contributed by atoms with van der Waals surface area (Å²) in [5, 5.41) is 5.01. The summed E-state index contributed by atoms with van der Waals surface area (Å²) in [5.74, 6) is 1.04. The zero-order valence-corrected chi connectivity index (χ0v) is 19.4. The Morgan fingerprint density at radius 3 is 2.83 bits per heavy atom. The normalized spacial score (nSPS) is 19.3. The van der Waals surface area contributed by atoms with Crippen LogP contribution in [-0.2, 0) is 9.53 Å². The molecular formula is C26H26FN3O5. The van der Waals surface area contributed by atoms with E-state index in [2.05, 4.69) is 21.9 Å². The molecule has 8 nitrogen and oxygen atoms in total. The van der Waals surface area contributed by atoms with Gasteiger partial charge in [-0.15, -0.1) is 0 Å². The highest BCUT2D eigenvalue weighted by molar-refractivity contribution is 5.89. The lowest BCUT2D eigenvalue weighted by atomic mass is 9.89. The standard InChI is InChI=1S/C26H26FN3O5/c1-3-18(31)8-15-4-5-33-14-20(15)30-23-10-17-12-28-19(9-16(17)13-29-23)24-25(27)21(32-2)11-22-26(24)35-7-6-34-22/h3,9-13,15,20H,1,4-8,14H2,2H3,(H,29,30)/t15-,20-/m1/s1. The van der Waals surface area contributed by atoms with Crippen LogP contribution in [0.25, 0.3) is 22.0 Å². The van der Waals surface area contributed by atoms with Crippen molar-refractivity contribution in [3.8, 4) is 28.5 Å². The van der Waals surface area contributed by atoms with Crippen LogP contribution in [0.15, 0.2) is 43.2 Å². The lowest BCUT2D eigenvalue weighted by Gasteiger charge is -2.32. The molecule has 0 aliphatic carbocycles. The molecule has 5 rings (SSSR count). The number of rotatable bonds is 7. The van der Waals surface area contributed by atoms with Gasteiger partial charge in [0.25, 0.3) is 0 Å². The number of anilines is 1. The highest BCUT2D eigenvalue weighted by Gasteiger charge is 2.28. The fourth-order valence-corrected chi connectivity index (χ4v) is 4.49. The molecule has 2 aromatic heterocycles. The lowest BCUT2D eigenvalue weighted by Crippen LogP contribution is -2.39. The lowest BCUT2D eigenvalue weighted by molar-refractivity contribution is -0.116. The Bertz CT molecular complexity index is 1280. The molecule has 1 fully saturated rings. The van der Waals surface area contributed by atoms with Gasteiger partial charge < -0.3 is 24.3 Å². The van der Waals surface area contributed by atoms with Crippen LogP contribution < -0.4 is 19.5 Å². The Hall–Kier alpha value is -3.72. The number of nitrogens with one attached hydrogen (secondary N) is 1. The summed E-state index contributed by atoms with van der Waals surface area (Å²) in [5.41, 5.74) is 0.582. The van der Waals surface area contributed by atoms with E-state index in [9.17, 15) is 4.79 Å². The predicted molar refractivity (Wildman–Crippen MR) is 129 cm³/mol. The number of pyridine rings is 2. The first-order chi connectivity index (χ1) is 17.1. The monoisotopic (exact) mass is 479 g/mol. The van der Waals surface area contributed by atoms with Gasteiger partial charge in [0.2, 0.25) is 0 Å². The third kappa shape index (κ3) is 4.64. The van der Waals surface area contributed by atoms with Crippen LogP contribution in [0.1, 0.15) is 12.8 Å². The Balaban J connectivity index is 1.44. The third-order valence-corrected chi connectivity index (χ3v) is 6.34. The zero-order valence-electron chi connectivity index (χ0n) is 19.4. The van der Waals surface area contributed by atoms with Crippen molar-refractivity contribution in [2.45, 2.75) is 18.9 Å². The molecule has 0 amide bonds. The van der Waals surface area contributed by atoms with E-state index in [1.54, 1.807) is 18.5 Å². The number of hydrogen-bond acceptors (Lipinski definition) is 8. The van der Waals surface area contributed by atoms with Gasteiger partial charge in [0.05, 0.1) is 31.0 Å². The van der Waals surface area contributed by atoms with E-state index in [0.717, 1.165) is 17.2 Å². The predicted octanol–water partition coefficient (Wildman–Crippen LogP) is 4.18. The zero-order chi connectivity index (χ0) is 24.4. The highest BCUT2D eigenvalue weighted by atomic mass is 19.1. The van der Waals surface area contributed by atoms with E-state index in [4.69, 9.17) is 18.9 Å². The van der Waals surface area contributed by atoms with Crippen LogP contribution in [0.5, 0.6) is 17.2 Å². The van der Waals surface area contributed by atoms with Crippen LogP contribution in [0.4, 0.5) is 10.2 Å². The number of benzene rings is 1. The average molecular weight is 480 g/mol. The summed E-state index contributed by atoms with van der Waals surface area (Å²) in [6.07, 6.45) is 5.95. The first-order valence-electron chi connectivity index (χ1n) is 11.5. The van der Waals surface area contributed by atoms with Gasteiger partial charge in [0.1, 0.15) is 19.0 Å². The topological polar surface area (TPSA) is 91.8 Å². The van der Waals surface area contributed by atoms with Crippen molar-refractivity contribution in [1.82, 2.24) is 9.97 Å². The molecule has 2 aliphatic heterocycles. The molecule has 35 heavy (non-hydrogen) atoms. The van der Waals surface area contributed by atoms with E-state index in [-0.39, 0.29) is 29.1 Å². The van der Waals surface area contributed by atoms with Crippen LogP contribution in [0.3, 0.4) is 0 Å². The van der Waals surface area contributed by atoms with Gasteiger partial charge in [-0.25, -0.2) is 9.37 Å². The number of hydrogen-bond donors (Lipinski definition) is 1. The molecule has 1 N–H and O–H groups in total. The van der Waals surface area contributed by atoms with Crippen molar-refractivity contribution >= 4 is 22.4 Å². The minimum Gasteiger partial charge on any atom is -0.494 e. The molecule has 9 heteroatoms. The molecule has 4 heterocycles. The molecule has 0 saturated carbocycles. The molecule has 1 saturated heterocycles. The van der Waals surface area contributed by atoms with Crippen LogP contribution >= 0.6 is 0 Å². The van der Waals surface area contributed by atoms with Gasteiger partial charge in [-0.3, -0.25) is 9.78 Å². The van der Waals surface area contributed by atoms with Crippen LogP contribution in [-0.4, -0.2) is 55.3 Å². The van der Waals surface area contributed by atoms with Crippen LogP contribution in [0.2, 0.25) is 0 Å². The highest BCUT2D eigenvalue weighted by Crippen LogP contribution is 2.45. The number of fused-ring (bicyclic) bond motifs is 2. The maximum absolute atomic E-state index is 15.3. The molecule has 2 atom stereocenters. The molecule has 2 aliphatic rings. The summed E-state index contributed by atoms with van der Waals surface area (Å²) in [6, 6.07) is 5.08. The third-order valence-electron chi connectivity index (χ3n) is 6.34. The largest absolute Gasteiger partial charge is 0.494 e. The molecule has 0 unspecified atom stereocenters. The molecule has 182 valence electrons. The second kappa shape index (κ2) is 9.87. The Morgan fingerprint density at radius 2 is 2.00 bits per heavy atom. The maximum atomic E-state index is 15.3. The van der Waals surface area contributed by atoms with Gasteiger partial charge >= 0.3 is 0 Å². The quantitative estimate of drug-likeness (QED) is 0.505. The van der Waals surface area contributed by atoms with E-state index in [1.165, 1.54) is 19.3 Å². The number of nitrogens with zero attached hydrogens (tertiary/aromatic N) is 2. The van der Waals surface area contributed by atoms with Crippen molar-refractivity contribution in [1.29, 1.82) is 0 Å². The van der Waals surface area contributed by atoms with Gasteiger partial charge in [-0.1, -0.05) is 6.58 Å². The first-order valence-corrected chi connectivity index (χ1v) is 11.5. The van der Waals surface area contributed by atoms with Crippen molar-refractivity contribution in [2.75, 3.05) is 38.9 Å². The summed E-state index contributed by atoms with van der Waals surface area (Å²) < 4.78 is 37.4. The number of carbonyl (C=O) groups is 1. The molecule has 3 aromatic rings. The Labute approximate surface area is 202 Å². The summed E-state index contributed by atoms with van der Waals surface area (Å²) >= 11 is 0. The molecule has 1 aromatic carbocycles. The average Bonchev–Trinajstić information content (AvgIpc) is 2.89. The summed E-state index contributed by atoms with van der Waals surface area (Å²) in [4.78, 5) is 20.9. The fourth-order valence-electron chi connectivity index (χ4n) is 4.49. The van der Waals surface area contributed by atoms with Gasteiger partial charge in [-0.2, -0.15) is 0 Å². The minimum absolute atomic E-state index is 0.0215. The van der Waals surface area contributed by atoms with Gasteiger partial charge in [0, 0.05) is 42.3 Å². The van der Waals surface area contributed by atoms with Crippen molar-refractivity contribution in [3.05, 3.63) is 49.1 Å². The van der Waals surface area contributed by atoms with E-state index < -0.39 is 5.82 Å². The molecule has 0 spiro atoms. The van der Waals surface area contributed by atoms with E-state index in [1.807, 2.05) is 6.07 Å². The number of aromatic nitrogens is 2. The number of ketones is 1. The van der Waals surface area contributed by atoms with Crippen molar-refractivity contribution < 1.29 is 28.1 Å². The fraction of sp³-hybridized carbons (Fsp3) is 0.346. The maximum Gasteiger partial charge on any atom is 0.178 e. The summed E-state index contributed by atoms with van der Waals surface area (Å²) in [7, 11) is 1.40. The van der Waals surface area contributed by atoms with Gasteiger partial charge in [-0.05, 0) is 30.5 Å². The van der Waals surface area contributed by atoms with Crippen molar-refractivity contribution in [3.63, 3.8) is 0 Å². The summed E-state index contributed by atoms with van der Waals surface area (Å²) in [6.45, 7) is 5.39. The number of ether oxygens (including phenoxy) is 4. The number of allylic oxidation sites excluding steroid dienone is 1. The second-order valence-corrected chi connectivity index (χ2v) is 8.53. The molecule has 0 bridgehead atoms. The Morgan fingerprint density at radius 1 is 1.20 bits per heavy atom. The van der Waals surface area contributed by atoms with Gasteiger partial charge in [0.15, 0.2) is 28.8 Å². The Kier molecular flexibility index (Phi) is 6.50.